The molecule has 40 heavy (non-hydrogen) atoms. The van der Waals surface area contributed by atoms with Crippen molar-refractivity contribution in [3.8, 4) is 11.5 Å². The molecule has 0 atom stereocenters. The Kier molecular flexibility index (Phi) is 8.99. The van der Waals surface area contributed by atoms with Crippen LogP contribution in [0.3, 0.4) is 0 Å². The molecule has 0 bridgehead atoms. The summed E-state index contributed by atoms with van der Waals surface area (Å²) in [7, 11) is 0. The number of carbonyl (C=O) groups excluding carboxylic acids is 4. The number of hydrogen-bond acceptors (Lipinski definition) is 6. The van der Waals surface area contributed by atoms with Crippen molar-refractivity contribution in [1.29, 1.82) is 0 Å². The molecule has 3 aromatic rings. The van der Waals surface area contributed by atoms with E-state index in [1.54, 1.807) is 50.2 Å². The van der Waals surface area contributed by atoms with Crippen LogP contribution >= 0.6 is 34.8 Å². The summed E-state index contributed by atoms with van der Waals surface area (Å²) in [5.74, 6) is -1.56. The summed E-state index contributed by atoms with van der Waals surface area (Å²) in [6, 6.07) is 13.1. The number of ether oxygens (including phenoxy) is 2. The van der Waals surface area contributed by atoms with E-state index in [-0.39, 0.29) is 36.0 Å². The van der Waals surface area contributed by atoms with Crippen LogP contribution in [0, 0.1) is 6.92 Å². The lowest BCUT2D eigenvalue weighted by Crippen LogP contribution is -2.54. The number of hydrogen-bond donors (Lipinski definition) is 2. The number of nitrogens with one attached hydrogen (secondary N) is 2. The van der Waals surface area contributed by atoms with E-state index in [1.807, 2.05) is 0 Å². The summed E-state index contributed by atoms with van der Waals surface area (Å²) < 4.78 is 11.3. The Bertz CT molecular complexity index is 1560. The first-order valence-electron chi connectivity index (χ1n) is 11.9. The average Bonchev–Trinajstić information content (AvgIpc) is 2.90. The van der Waals surface area contributed by atoms with Gasteiger partial charge < -0.3 is 14.8 Å². The Labute approximate surface area is 244 Å². The quantitative estimate of drug-likeness (QED) is 0.240. The zero-order chi connectivity index (χ0) is 29.0. The van der Waals surface area contributed by atoms with E-state index in [1.165, 1.54) is 24.3 Å². The van der Waals surface area contributed by atoms with Gasteiger partial charge in [0.15, 0.2) is 18.1 Å². The maximum absolute atomic E-state index is 13.2. The molecule has 0 aromatic heterocycles. The minimum absolute atomic E-state index is 0.217. The van der Waals surface area contributed by atoms with Gasteiger partial charge in [0.25, 0.3) is 17.7 Å². The maximum Gasteiger partial charge on any atom is 0.335 e. The van der Waals surface area contributed by atoms with E-state index in [9.17, 15) is 19.2 Å². The molecular weight excluding hydrogens is 581 g/mol. The van der Waals surface area contributed by atoms with Crippen LogP contribution < -0.4 is 25.0 Å². The van der Waals surface area contributed by atoms with Crippen molar-refractivity contribution in [1.82, 2.24) is 5.32 Å². The van der Waals surface area contributed by atoms with Crippen molar-refractivity contribution >= 4 is 76.0 Å². The first-order valence-corrected chi connectivity index (χ1v) is 13.0. The van der Waals surface area contributed by atoms with Gasteiger partial charge in [-0.1, -0.05) is 46.9 Å². The topological polar surface area (TPSA) is 114 Å². The molecule has 1 heterocycles. The average molecular weight is 603 g/mol. The first kappa shape index (κ1) is 28.9. The molecule has 3 aromatic carbocycles. The van der Waals surface area contributed by atoms with Gasteiger partial charge in [0.1, 0.15) is 5.57 Å². The number of halogens is 3. The van der Waals surface area contributed by atoms with Gasteiger partial charge in [-0.2, -0.15) is 0 Å². The molecule has 2 N–H and O–H groups in total. The van der Waals surface area contributed by atoms with Crippen LogP contribution in [0.4, 0.5) is 16.2 Å². The van der Waals surface area contributed by atoms with Gasteiger partial charge in [0, 0.05) is 10.7 Å². The van der Waals surface area contributed by atoms with E-state index in [0.29, 0.717) is 26.3 Å². The van der Waals surface area contributed by atoms with Crippen LogP contribution in [0.15, 0.2) is 60.2 Å². The highest BCUT2D eigenvalue weighted by Gasteiger charge is 2.37. The number of aryl methyl sites for hydroxylation is 1. The van der Waals surface area contributed by atoms with Crippen molar-refractivity contribution in [2.75, 3.05) is 23.4 Å². The fourth-order valence-corrected chi connectivity index (χ4v) is 4.17. The number of carbonyl (C=O) groups is 4. The highest BCUT2D eigenvalue weighted by atomic mass is 35.5. The Morgan fingerprint density at radius 1 is 0.925 bits per heavy atom. The van der Waals surface area contributed by atoms with Crippen molar-refractivity contribution < 1.29 is 28.7 Å². The Balaban J connectivity index is 1.53. The predicted octanol–water partition coefficient (Wildman–Crippen LogP) is 6.04. The zero-order valence-electron chi connectivity index (χ0n) is 21.2. The van der Waals surface area contributed by atoms with E-state index in [0.717, 1.165) is 10.5 Å². The summed E-state index contributed by atoms with van der Waals surface area (Å²) in [4.78, 5) is 51.5. The summed E-state index contributed by atoms with van der Waals surface area (Å²) >= 11 is 18.0. The molecule has 1 aliphatic rings. The van der Waals surface area contributed by atoms with Crippen molar-refractivity contribution in [3.63, 3.8) is 0 Å². The Hall–Kier alpha value is -4.05. The molecule has 0 unspecified atom stereocenters. The summed E-state index contributed by atoms with van der Waals surface area (Å²) in [5, 5.41) is 5.85. The van der Waals surface area contributed by atoms with Crippen LogP contribution in [0.25, 0.3) is 6.08 Å². The predicted molar refractivity (Wildman–Crippen MR) is 153 cm³/mol. The second kappa shape index (κ2) is 12.4. The highest BCUT2D eigenvalue weighted by Crippen LogP contribution is 2.31. The zero-order valence-corrected chi connectivity index (χ0v) is 23.5. The van der Waals surface area contributed by atoms with E-state index in [2.05, 4.69) is 10.6 Å². The van der Waals surface area contributed by atoms with Crippen molar-refractivity contribution in [2.24, 2.45) is 0 Å². The van der Waals surface area contributed by atoms with Crippen LogP contribution in [0.2, 0.25) is 15.1 Å². The minimum atomic E-state index is -0.884. The Morgan fingerprint density at radius 3 is 2.40 bits per heavy atom. The van der Waals surface area contributed by atoms with E-state index >= 15 is 0 Å². The first-order chi connectivity index (χ1) is 19.1. The molecule has 4 rings (SSSR count). The van der Waals surface area contributed by atoms with Crippen LogP contribution in [0.1, 0.15) is 18.1 Å². The smallest absolute Gasteiger partial charge is 0.335 e. The molecule has 0 saturated carbocycles. The lowest BCUT2D eigenvalue weighted by atomic mass is 10.1. The SMILES string of the molecule is CCOc1cc(/C=C2\C(=O)NC(=O)N(c3ccc(C)c(Cl)c3)C2=O)ccc1OCC(=O)Nc1ccc(Cl)c(Cl)c1. The number of anilines is 2. The molecule has 5 amide bonds. The number of rotatable bonds is 8. The van der Waals surface area contributed by atoms with Crippen LogP contribution in [0.5, 0.6) is 11.5 Å². The van der Waals surface area contributed by atoms with Gasteiger partial charge in [-0.15, -0.1) is 0 Å². The van der Waals surface area contributed by atoms with Gasteiger partial charge in [0.05, 0.1) is 22.3 Å². The second-order valence-corrected chi connectivity index (χ2v) is 9.72. The summed E-state index contributed by atoms with van der Waals surface area (Å²) in [6.45, 7) is 3.49. The fraction of sp³-hybridized carbons (Fsp3) is 0.143. The normalized spacial score (nSPS) is 14.3. The van der Waals surface area contributed by atoms with Gasteiger partial charge >= 0.3 is 6.03 Å². The third kappa shape index (κ3) is 6.56. The molecule has 206 valence electrons. The molecule has 1 aliphatic heterocycles. The van der Waals surface area contributed by atoms with E-state index < -0.39 is 23.8 Å². The van der Waals surface area contributed by atoms with Gasteiger partial charge in [-0.3, -0.25) is 19.7 Å². The molecule has 12 heteroatoms. The number of amides is 5. The third-order valence-corrected chi connectivity index (χ3v) is 6.80. The second-order valence-electron chi connectivity index (χ2n) is 8.50. The number of benzene rings is 3. The van der Waals surface area contributed by atoms with Crippen molar-refractivity contribution in [2.45, 2.75) is 13.8 Å². The molecule has 0 spiro atoms. The van der Waals surface area contributed by atoms with Crippen LogP contribution in [-0.4, -0.2) is 37.0 Å². The lowest BCUT2D eigenvalue weighted by Gasteiger charge is -2.26. The minimum Gasteiger partial charge on any atom is -0.490 e. The largest absolute Gasteiger partial charge is 0.490 e. The Morgan fingerprint density at radius 2 is 1.70 bits per heavy atom. The summed E-state index contributed by atoms with van der Waals surface area (Å²) in [6.07, 6.45) is 1.33. The third-order valence-electron chi connectivity index (χ3n) is 5.66. The monoisotopic (exact) mass is 601 g/mol. The maximum atomic E-state index is 13.2. The number of urea groups is 1. The molecule has 1 fully saturated rings. The fourth-order valence-electron chi connectivity index (χ4n) is 3.70. The molecular formula is C28H22Cl3N3O6. The number of barbiturate groups is 1. The number of nitrogens with zero attached hydrogens (tertiary/aromatic N) is 1. The molecule has 1 saturated heterocycles. The standard InChI is InChI=1S/C28H22Cl3N3O6/c1-3-39-24-11-16(5-9-23(24)40-14-25(35)32-17-6-8-20(29)22(31)12-17)10-19-26(36)33-28(38)34(27(19)37)18-7-4-15(2)21(30)13-18/h4-13H,3,14H2,1-2H3,(H,32,35)(H,33,36,38)/b19-10+. The number of imide groups is 2. The molecule has 0 aliphatic carbocycles. The van der Waals surface area contributed by atoms with E-state index in [4.69, 9.17) is 44.3 Å². The molecule has 0 radical (unpaired) electrons. The van der Waals surface area contributed by atoms with Crippen molar-refractivity contribution in [3.05, 3.63) is 86.4 Å². The van der Waals surface area contributed by atoms with Gasteiger partial charge in [-0.25, -0.2) is 9.69 Å². The lowest BCUT2D eigenvalue weighted by molar-refractivity contribution is -0.122. The van der Waals surface area contributed by atoms with Gasteiger partial charge in [0.2, 0.25) is 0 Å². The highest BCUT2D eigenvalue weighted by molar-refractivity contribution is 6.42. The van der Waals surface area contributed by atoms with Crippen LogP contribution in [-0.2, 0) is 14.4 Å². The van der Waals surface area contributed by atoms with Gasteiger partial charge in [-0.05, 0) is 73.5 Å². The summed E-state index contributed by atoms with van der Waals surface area (Å²) in [5.41, 5.74) is 1.58. The molecule has 9 nitrogen and oxygen atoms in total.